The van der Waals surface area contributed by atoms with Gasteiger partial charge in [-0.2, -0.15) is 0 Å². The molecule has 0 heterocycles. The summed E-state index contributed by atoms with van der Waals surface area (Å²) in [5.41, 5.74) is 1.10. The summed E-state index contributed by atoms with van der Waals surface area (Å²) in [7, 11) is 2.39. The highest BCUT2D eigenvalue weighted by Crippen LogP contribution is 2.38. The van der Waals surface area contributed by atoms with Gasteiger partial charge in [-0.15, -0.1) is 0 Å². The zero-order valence-corrected chi connectivity index (χ0v) is 34.4. The van der Waals surface area contributed by atoms with Crippen molar-refractivity contribution in [2.45, 2.75) is 114 Å². The van der Waals surface area contributed by atoms with E-state index in [0.717, 1.165) is 44.1 Å². The van der Waals surface area contributed by atoms with Crippen molar-refractivity contribution in [3.05, 3.63) is 109 Å². The van der Waals surface area contributed by atoms with Crippen molar-refractivity contribution in [1.29, 1.82) is 0 Å². The van der Waals surface area contributed by atoms with Gasteiger partial charge in [0.2, 0.25) is 17.7 Å². The highest BCUT2D eigenvalue weighted by atomic mass is 33.1. The third-order valence-corrected chi connectivity index (χ3v) is 11.3. The van der Waals surface area contributed by atoms with Crippen molar-refractivity contribution in [2.24, 2.45) is 0 Å². The van der Waals surface area contributed by atoms with Gasteiger partial charge < -0.3 is 31.3 Å². The number of allylic oxidation sites excluding steroid dienone is 12. The minimum absolute atomic E-state index is 0.0255. The van der Waals surface area contributed by atoms with Crippen LogP contribution in [0, 0.1) is 0 Å². The van der Waals surface area contributed by atoms with Gasteiger partial charge in [-0.25, -0.2) is 4.79 Å². The Labute approximate surface area is 336 Å². The molecule has 0 saturated carbocycles. The largest absolute Gasteiger partial charge is 0.480 e. The summed E-state index contributed by atoms with van der Waals surface area (Å²) in [6.45, 7) is 4.90. The van der Waals surface area contributed by atoms with Crippen LogP contribution in [0.15, 0.2) is 103 Å². The molecule has 0 aliphatic rings. The average molecular weight is 798 g/mol. The normalized spacial score (nSPS) is 14.1. The van der Waals surface area contributed by atoms with Crippen molar-refractivity contribution in [3.63, 3.8) is 0 Å². The molecule has 3 atom stereocenters. The van der Waals surface area contributed by atoms with Crippen LogP contribution in [-0.2, 0) is 25.6 Å². The van der Waals surface area contributed by atoms with Crippen molar-refractivity contribution in [1.82, 2.24) is 16.0 Å². The van der Waals surface area contributed by atoms with E-state index < -0.39 is 41.4 Å². The van der Waals surface area contributed by atoms with Crippen molar-refractivity contribution < 1.29 is 34.5 Å². The van der Waals surface area contributed by atoms with E-state index in [1.54, 1.807) is 13.8 Å². The van der Waals surface area contributed by atoms with Crippen molar-refractivity contribution >= 4 is 45.3 Å². The van der Waals surface area contributed by atoms with Gasteiger partial charge in [-0.1, -0.05) is 132 Å². The van der Waals surface area contributed by atoms with E-state index >= 15 is 0 Å². The number of carbonyl (C=O) groups excluding carboxylic acids is 3. The summed E-state index contributed by atoms with van der Waals surface area (Å²) >= 11 is 0. The van der Waals surface area contributed by atoms with Gasteiger partial charge in [0.1, 0.15) is 12.1 Å². The van der Waals surface area contributed by atoms with E-state index in [9.17, 15) is 29.4 Å². The molecule has 0 aromatic heterocycles. The molecule has 0 bridgehead atoms. The molecule has 55 heavy (non-hydrogen) atoms. The number of aliphatic hydroxyl groups is 2. The Bertz CT molecular complexity index is 1420. The van der Waals surface area contributed by atoms with Crippen LogP contribution in [0.5, 0.6) is 0 Å². The Morgan fingerprint density at radius 2 is 1.29 bits per heavy atom. The van der Waals surface area contributed by atoms with E-state index in [-0.39, 0.29) is 37.0 Å². The van der Waals surface area contributed by atoms with Crippen LogP contribution < -0.4 is 16.0 Å². The van der Waals surface area contributed by atoms with Gasteiger partial charge in [0.05, 0.1) is 12.7 Å². The Balaban J connectivity index is 2.49. The van der Waals surface area contributed by atoms with E-state index in [1.807, 2.05) is 42.5 Å². The fraction of sp³-hybridized carbons (Fsp3) is 0.488. The molecule has 0 radical (unpaired) electrons. The van der Waals surface area contributed by atoms with Gasteiger partial charge >= 0.3 is 5.97 Å². The van der Waals surface area contributed by atoms with Gasteiger partial charge in [0.25, 0.3) is 0 Å². The zero-order valence-electron chi connectivity index (χ0n) is 32.7. The minimum atomic E-state index is -1.17. The Hall–Kier alpha value is -3.84. The zero-order chi connectivity index (χ0) is 40.6. The Morgan fingerprint density at radius 1 is 0.764 bits per heavy atom. The second-order valence-electron chi connectivity index (χ2n) is 13.3. The summed E-state index contributed by atoms with van der Waals surface area (Å²) in [5.74, 6) is -2.39. The summed E-state index contributed by atoms with van der Waals surface area (Å²) in [4.78, 5) is 50.6. The molecule has 6 N–H and O–H groups in total. The predicted molar refractivity (Wildman–Crippen MR) is 229 cm³/mol. The van der Waals surface area contributed by atoms with Crippen molar-refractivity contribution in [3.8, 4) is 0 Å². The molecule has 1 rings (SSSR count). The number of aliphatic hydroxyl groups excluding tert-OH is 2. The molecule has 0 saturated heterocycles. The predicted octanol–water partition coefficient (Wildman–Crippen LogP) is 7.17. The van der Waals surface area contributed by atoms with Crippen LogP contribution in [0.2, 0.25) is 0 Å². The number of carbonyl (C=O) groups is 4. The smallest absolute Gasteiger partial charge is 0.327 e. The first-order valence-corrected chi connectivity index (χ1v) is 21.4. The molecule has 0 aliphatic heterocycles. The number of hydrogen-bond acceptors (Lipinski definition) is 8. The lowest BCUT2D eigenvalue weighted by Crippen LogP contribution is -2.57. The number of aliphatic carboxylic acids is 1. The maximum Gasteiger partial charge on any atom is 0.327 e. The molecule has 304 valence electrons. The topological polar surface area (TPSA) is 165 Å². The van der Waals surface area contributed by atoms with Crippen LogP contribution >= 0.6 is 21.6 Å². The second-order valence-corrected chi connectivity index (χ2v) is 16.3. The third kappa shape index (κ3) is 25.8. The van der Waals surface area contributed by atoms with Crippen LogP contribution in [0.3, 0.4) is 0 Å². The Morgan fingerprint density at radius 3 is 1.82 bits per heavy atom. The number of rotatable bonds is 30. The number of hydrogen-bond donors (Lipinski definition) is 6. The van der Waals surface area contributed by atoms with Crippen LogP contribution in [0.25, 0.3) is 0 Å². The molecule has 0 spiro atoms. The van der Waals surface area contributed by atoms with Crippen LogP contribution in [-0.4, -0.2) is 80.8 Å². The lowest BCUT2D eigenvalue weighted by molar-refractivity contribution is -0.141. The van der Waals surface area contributed by atoms with Gasteiger partial charge in [-0.3, -0.25) is 14.4 Å². The van der Waals surface area contributed by atoms with Gasteiger partial charge in [0.15, 0.2) is 0 Å². The first-order chi connectivity index (χ1) is 26.5. The van der Waals surface area contributed by atoms with E-state index in [4.69, 9.17) is 5.11 Å². The highest BCUT2D eigenvalue weighted by Gasteiger charge is 2.38. The third-order valence-electron chi connectivity index (χ3n) is 7.97. The van der Waals surface area contributed by atoms with Crippen LogP contribution in [0.4, 0.5) is 0 Å². The average Bonchev–Trinajstić information content (AvgIpc) is 3.16. The molecule has 3 amide bonds. The highest BCUT2D eigenvalue weighted by molar-refractivity contribution is 8.77. The minimum Gasteiger partial charge on any atom is -0.480 e. The molecule has 0 unspecified atom stereocenters. The number of carboxylic acid groups (broad SMARTS) is 1. The molecule has 1 aromatic carbocycles. The summed E-state index contributed by atoms with van der Waals surface area (Å²) < 4.78 is -0.920. The lowest BCUT2D eigenvalue weighted by Gasteiger charge is -2.33. The van der Waals surface area contributed by atoms with E-state index in [1.165, 1.54) is 21.6 Å². The summed E-state index contributed by atoms with van der Waals surface area (Å²) in [6, 6.07) is 7.58. The number of carboxylic acids is 1. The SMILES string of the molecule is CC/C=C\C/C=C\C/C=C\C/C=C\C/C=C\C/C=C\CCC(=O)N[C@@H](CSSC(C)(C)[C@H](NC(=O)CCCc1ccccc1)C(=O)NC[C@@H](O)CO)C(=O)O. The lowest BCUT2D eigenvalue weighted by atomic mass is 10.0. The van der Waals surface area contributed by atoms with E-state index in [2.05, 4.69) is 83.6 Å². The first kappa shape index (κ1) is 49.2. The van der Waals surface area contributed by atoms with Gasteiger partial charge in [0, 0.05) is 29.9 Å². The van der Waals surface area contributed by atoms with Gasteiger partial charge in [-0.05, 0) is 77.2 Å². The monoisotopic (exact) mass is 797 g/mol. The number of nitrogens with one attached hydrogen (secondary N) is 3. The summed E-state index contributed by atoms with van der Waals surface area (Å²) in [5, 5.41) is 36.6. The maximum atomic E-state index is 13.2. The quantitative estimate of drug-likeness (QED) is 0.0350. The molecule has 0 fully saturated rings. The molecule has 0 aliphatic carbocycles. The molecule has 10 nitrogen and oxygen atoms in total. The standard InChI is InChI=1S/C43H63N3O7S2/c1-4-5-6-7-8-9-10-11-12-13-14-15-16-17-18-19-20-21-25-30-38(49)45-37(42(52)53)34-54-55-43(2,3)40(41(51)44-32-36(48)33-47)46-39(50)31-26-29-35-27-23-22-24-28-35/h5-6,8-9,11-12,14-15,17-18,20-24,27-28,36-37,40,47-48H,4,7,10,13,16,19,25-26,29-34H2,1-3H3,(H,44,51)(H,45,49)(H,46,50)(H,52,53)/b6-5-,9-8-,12-11-,15-14-,18-17-,21-20-/t36-,37+,40-/m1/s1. The summed E-state index contributed by atoms with van der Waals surface area (Å²) in [6.07, 6.45) is 31.8. The maximum absolute atomic E-state index is 13.2. The molecular weight excluding hydrogens is 735 g/mol. The second kappa shape index (κ2) is 31.4. The molecular formula is C43H63N3O7S2. The fourth-order valence-electron chi connectivity index (χ4n) is 4.87. The van der Waals surface area contributed by atoms with Crippen molar-refractivity contribution in [2.75, 3.05) is 18.9 Å². The molecule has 12 heteroatoms. The Kier molecular flexibility index (Phi) is 28.1. The number of benzene rings is 1. The first-order valence-electron chi connectivity index (χ1n) is 19.1. The number of aryl methyl sites for hydroxylation is 1. The van der Waals surface area contributed by atoms with Crippen LogP contribution in [0.1, 0.15) is 90.5 Å². The van der Waals surface area contributed by atoms with E-state index in [0.29, 0.717) is 19.3 Å². The molecule has 1 aromatic rings. The number of amides is 3. The fourth-order valence-corrected chi connectivity index (χ4v) is 7.68.